The van der Waals surface area contributed by atoms with Crippen LogP contribution in [0, 0.1) is 0 Å². The van der Waals surface area contributed by atoms with Crippen LogP contribution in [-0.2, 0) is 0 Å². The van der Waals surface area contributed by atoms with Crippen LogP contribution in [-0.4, -0.2) is 26.7 Å². The SMILES string of the molecule is O=Cc1ccnc(-c2ccnnn2)c1. The molecule has 0 aliphatic rings. The van der Waals surface area contributed by atoms with Crippen LogP contribution in [0.2, 0.25) is 0 Å². The van der Waals surface area contributed by atoms with Gasteiger partial charge in [-0.3, -0.25) is 9.78 Å². The Morgan fingerprint density at radius 3 is 2.79 bits per heavy atom. The lowest BCUT2D eigenvalue weighted by Crippen LogP contribution is -1.92. The number of carbonyl (C=O) groups is 1. The lowest BCUT2D eigenvalue weighted by atomic mass is 10.2. The minimum Gasteiger partial charge on any atom is -0.298 e. The summed E-state index contributed by atoms with van der Waals surface area (Å²) in [7, 11) is 0. The van der Waals surface area contributed by atoms with Gasteiger partial charge in [0, 0.05) is 11.8 Å². The van der Waals surface area contributed by atoms with Crippen LogP contribution in [0.5, 0.6) is 0 Å². The summed E-state index contributed by atoms with van der Waals surface area (Å²) in [6.07, 6.45) is 3.85. The number of pyridine rings is 1. The van der Waals surface area contributed by atoms with Crippen molar-refractivity contribution < 1.29 is 4.79 Å². The molecule has 2 aromatic heterocycles. The van der Waals surface area contributed by atoms with E-state index in [0.717, 1.165) is 6.29 Å². The second-order valence-electron chi connectivity index (χ2n) is 2.60. The minimum absolute atomic E-state index is 0.564. The summed E-state index contributed by atoms with van der Waals surface area (Å²) in [5, 5.41) is 10.8. The van der Waals surface area contributed by atoms with Gasteiger partial charge in [0.2, 0.25) is 0 Å². The smallest absolute Gasteiger partial charge is 0.150 e. The van der Waals surface area contributed by atoms with E-state index in [2.05, 4.69) is 20.4 Å². The van der Waals surface area contributed by atoms with E-state index in [1.54, 1.807) is 24.4 Å². The maximum Gasteiger partial charge on any atom is 0.150 e. The Bertz CT molecular complexity index is 444. The molecule has 0 unspecified atom stereocenters. The van der Waals surface area contributed by atoms with Crippen molar-refractivity contribution in [2.75, 3.05) is 0 Å². The molecule has 68 valence electrons. The third kappa shape index (κ3) is 1.61. The summed E-state index contributed by atoms with van der Waals surface area (Å²) in [5.74, 6) is 0. The zero-order valence-corrected chi connectivity index (χ0v) is 7.16. The van der Waals surface area contributed by atoms with Crippen molar-refractivity contribution in [2.45, 2.75) is 0 Å². The number of rotatable bonds is 2. The first-order valence-electron chi connectivity index (χ1n) is 3.96. The van der Waals surface area contributed by atoms with Gasteiger partial charge >= 0.3 is 0 Å². The van der Waals surface area contributed by atoms with Gasteiger partial charge in [-0.25, -0.2) is 0 Å². The molecule has 0 radical (unpaired) electrons. The second-order valence-corrected chi connectivity index (χ2v) is 2.60. The molecular formula is C9H6N4O. The van der Waals surface area contributed by atoms with Crippen molar-refractivity contribution >= 4 is 6.29 Å². The van der Waals surface area contributed by atoms with Crippen LogP contribution in [0.3, 0.4) is 0 Å². The van der Waals surface area contributed by atoms with E-state index < -0.39 is 0 Å². The molecule has 0 spiro atoms. The molecule has 0 aliphatic heterocycles. The van der Waals surface area contributed by atoms with E-state index in [4.69, 9.17) is 0 Å². The molecule has 0 bridgehead atoms. The highest BCUT2D eigenvalue weighted by atomic mass is 16.1. The predicted octanol–water partition coefficient (Wildman–Crippen LogP) is 0.746. The molecule has 14 heavy (non-hydrogen) atoms. The molecule has 0 amide bonds. The van der Waals surface area contributed by atoms with Crippen LogP contribution in [0.25, 0.3) is 11.4 Å². The number of aldehydes is 1. The van der Waals surface area contributed by atoms with Crippen LogP contribution in [0.1, 0.15) is 10.4 Å². The zero-order chi connectivity index (χ0) is 9.80. The molecule has 0 N–H and O–H groups in total. The van der Waals surface area contributed by atoms with Gasteiger partial charge < -0.3 is 0 Å². The average Bonchev–Trinajstić information content (AvgIpc) is 2.30. The standard InChI is InChI=1S/C9H6N4O/c14-6-7-1-3-10-9(5-7)8-2-4-11-13-12-8/h1-6H. The van der Waals surface area contributed by atoms with E-state index in [0.29, 0.717) is 17.0 Å². The van der Waals surface area contributed by atoms with Crippen molar-refractivity contribution in [3.8, 4) is 11.4 Å². The van der Waals surface area contributed by atoms with Crippen LogP contribution in [0.4, 0.5) is 0 Å². The molecular weight excluding hydrogens is 180 g/mol. The Morgan fingerprint density at radius 2 is 2.07 bits per heavy atom. The van der Waals surface area contributed by atoms with Crippen molar-refractivity contribution in [1.82, 2.24) is 20.4 Å². The lowest BCUT2D eigenvalue weighted by Gasteiger charge is -1.97. The van der Waals surface area contributed by atoms with Crippen molar-refractivity contribution in [3.05, 3.63) is 36.2 Å². The fourth-order valence-corrected chi connectivity index (χ4v) is 1.04. The minimum atomic E-state index is 0.564. The van der Waals surface area contributed by atoms with Gasteiger partial charge in [0.25, 0.3) is 0 Å². The molecule has 5 nitrogen and oxygen atoms in total. The molecule has 2 rings (SSSR count). The lowest BCUT2D eigenvalue weighted by molar-refractivity contribution is 0.112. The number of nitrogens with zero attached hydrogens (tertiary/aromatic N) is 4. The van der Waals surface area contributed by atoms with Crippen molar-refractivity contribution in [3.63, 3.8) is 0 Å². The van der Waals surface area contributed by atoms with Crippen molar-refractivity contribution in [1.29, 1.82) is 0 Å². The summed E-state index contributed by atoms with van der Waals surface area (Å²) in [5.41, 5.74) is 1.78. The maximum absolute atomic E-state index is 10.5. The fourth-order valence-electron chi connectivity index (χ4n) is 1.04. The van der Waals surface area contributed by atoms with Gasteiger partial charge in [-0.2, -0.15) is 0 Å². The highest BCUT2D eigenvalue weighted by Crippen LogP contribution is 2.12. The Morgan fingerprint density at radius 1 is 1.14 bits per heavy atom. The molecule has 0 saturated heterocycles. The maximum atomic E-state index is 10.5. The summed E-state index contributed by atoms with van der Waals surface area (Å²) >= 11 is 0. The Hall–Kier alpha value is -2.17. The summed E-state index contributed by atoms with van der Waals surface area (Å²) in [6.45, 7) is 0. The zero-order valence-electron chi connectivity index (χ0n) is 7.16. The average molecular weight is 186 g/mol. The highest BCUT2D eigenvalue weighted by Gasteiger charge is 2.01. The van der Waals surface area contributed by atoms with Crippen LogP contribution >= 0.6 is 0 Å². The first-order chi connectivity index (χ1) is 6.90. The van der Waals surface area contributed by atoms with Gasteiger partial charge in [-0.05, 0) is 23.4 Å². The third-order valence-corrected chi connectivity index (χ3v) is 1.69. The first kappa shape index (κ1) is 8.43. The van der Waals surface area contributed by atoms with Crippen LogP contribution in [0.15, 0.2) is 30.6 Å². The normalized spacial score (nSPS) is 9.71. The molecule has 0 atom stereocenters. The van der Waals surface area contributed by atoms with Crippen molar-refractivity contribution in [2.24, 2.45) is 0 Å². The summed E-state index contributed by atoms with van der Waals surface area (Å²) in [6, 6.07) is 4.96. The van der Waals surface area contributed by atoms with E-state index in [1.807, 2.05) is 0 Å². The molecule has 2 aromatic rings. The van der Waals surface area contributed by atoms with E-state index in [9.17, 15) is 4.79 Å². The van der Waals surface area contributed by atoms with E-state index in [-0.39, 0.29) is 0 Å². The molecule has 2 heterocycles. The summed E-state index contributed by atoms with van der Waals surface area (Å²) in [4.78, 5) is 14.6. The van der Waals surface area contributed by atoms with Gasteiger partial charge in [0.1, 0.15) is 12.0 Å². The first-order valence-corrected chi connectivity index (χ1v) is 3.96. The molecule has 5 heteroatoms. The number of carbonyl (C=O) groups excluding carboxylic acids is 1. The van der Waals surface area contributed by atoms with Gasteiger partial charge in [0.15, 0.2) is 0 Å². The monoisotopic (exact) mass is 186 g/mol. The molecule has 0 aromatic carbocycles. The molecule has 0 fully saturated rings. The third-order valence-electron chi connectivity index (χ3n) is 1.69. The highest BCUT2D eigenvalue weighted by molar-refractivity contribution is 5.76. The molecule has 0 saturated carbocycles. The van der Waals surface area contributed by atoms with E-state index >= 15 is 0 Å². The van der Waals surface area contributed by atoms with Gasteiger partial charge in [-0.15, -0.1) is 10.2 Å². The Kier molecular flexibility index (Phi) is 2.22. The fraction of sp³-hybridized carbons (Fsp3) is 0. The number of hydrogen-bond donors (Lipinski definition) is 0. The topological polar surface area (TPSA) is 68.6 Å². The quantitative estimate of drug-likeness (QED) is 0.647. The van der Waals surface area contributed by atoms with E-state index in [1.165, 1.54) is 6.20 Å². The largest absolute Gasteiger partial charge is 0.298 e. The number of aromatic nitrogens is 4. The molecule has 0 aliphatic carbocycles. The Labute approximate surface area is 79.8 Å². The van der Waals surface area contributed by atoms with Crippen LogP contribution < -0.4 is 0 Å². The van der Waals surface area contributed by atoms with Gasteiger partial charge in [0.05, 0.1) is 11.9 Å². The van der Waals surface area contributed by atoms with Gasteiger partial charge in [-0.1, -0.05) is 0 Å². The Balaban J connectivity index is 2.47. The summed E-state index contributed by atoms with van der Waals surface area (Å²) < 4.78 is 0. The number of hydrogen-bond acceptors (Lipinski definition) is 5. The second kappa shape index (κ2) is 3.69. The predicted molar refractivity (Wildman–Crippen MR) is 48.4 cm³/mol.